The highest BCUT2D eigenvalue weighted by Gasteiger charge is 2.29. The zero-order chi connectivity index (χ0) is 12.0. The van der Waals surface area contributed by atoms with Gasteiger partial charge in [-0.3, -0.25) is 0 Å². The van der Waals surface area contributed by atoms with Crippen LogP contribution in [0, 0.1) is 5.92 Å². The van der Waals surface area contributed by atoms with Gasteiger partial charge in [-0.05, 0) is 32.9 Å². The van der Waals surface area contributed by atoms with E-state index in [-0.39, 0.29) is 0 Å². The molecule has 3 heteroatoms. The van der Waals surface area contributed by atoms with Crippen molar-refractivity contribution in [3.8, 4) is 0 Å². The third kappa shape index (κ3) is 4.76. The molecule has 0 N–H and O–H groups in total. The Balaban J connectivity index is 2.32. The van der Waals surface area contributed by atoms with E-state index >= 15 is 0 Å². The van der Waals surface area contributed by atoms with Crippen LogP contribution in [0.4, 0.5) is 0 Å². The Morgan fingerprint density at radius 2 is 1.94 bits per heavy atom. The van der Waals surface area contributed by atoms with Crippen molar-refractivity contribution in [3.63, 3.8) is 0 Å². The second-order valence-electron chi connectivity index (χ2n) is 5.35. The number of hydrogen-bond donors (Lipinski definition) is 0. The van der Waals surface area contributed by atoms with Crippen LogP contribution in [0.25, 0.3) is 0 Å². The molecule has 0 aromatic heterocycles. The highest BCUT2D eigenvalue weighted by atomic mass is 27.2. The fraction of sp³-hybridized carbons (Fsp3) is 1.00. The summed E-state index contributed by atoms with van der Waals surface area (Å²) in [5.74, 6) is 0.786. The molecule has 0 aromatic rings. The molecule has 0 aromatic carbocycles. The maximum atomic E-state index is 6.38. The first-order chi connectivity index (χ1) is 7.67. The lowest BCUT2D eigenvalue weighted by molar-refractivity contribution is 0.152. The lowest BCUT2D eigenvalue weighted by atomic mass is 10.0. The molecule has 1 aliphatic rings. The Morgan fingerprint density at radius 1 is 1.31 bits per heavy atom. The number of rotatable bonds is 7. The summed E-state index contributed by atoms with van der Waals surface area (Å²) in [6.07, 6.45) is 4.43. The highest BCUT2D eigenvalue weighted by Crippen LogP contribution is 2.22. The van der Waals surface area contributed by atoms with Crippen molar-refractivity contribution in [1.29, 1.82) is 0 Å². The van der Waals surface area contributed by atoms with Gasteiger partial charge in [0.25, 0.3) is 0 Å². The lowest BCUT2D eigenvalue weighted by Gasteiger charge is -2.24. The number of hydrogen-bond acceptors (Lipinski definition) is 2. The molecule has 0 spiro atoms. The molecule has 2 unspecified atom stereocenters. The second-order valence-corrected chi connectivity index (χ2v) is 8.02. The van der Waals surface area contributed by atoms with Crippen molar-refractivity contribution in [2.24, 2.45) is 5.92 Å². The van der Waals surface area contributed by atoms with E-state index in [9.17, 15) is 0 Å². The van der Waals surface area contributed by atoms with Crippen LogP contribution in [-0.4, -0.2) is 45.6 Å². The Labute approximate surface area is 106 Å². The summed E-state index contributed by atoms with van der Waals surface area (Å²) >= 11 is -0.887. The molecule has 1 heterocycles. The molecule has 1 rings (SSSR count). The van der Waals surface area contributed by atoms with Gasteiger partial charge in [-0.25, -0.2) is 0 Å². The third-order valence-corrected chi connectivity index (χ3v) is 6.98. The first-order valence-electron chi connectivity index (χ1n) is 7.01. The second kappa shape index (κ2) is 7.72. The van der Waals surface area contributed by atoms with Gasteiger partial charge in [0.05, 0.1) is 0 Å². The van der Waals surface area contributed by atoms with Crippen molar-refractivity contribution >= 4 is 14.5 Å². The molecule has 2 atom stereocenters. The van der Waals surface area contributed by atoms with Crippen LogP contribution < -0.4 is 0 Å². The predicted molar refractivity (Wildman–Crippen MR) is 72.1 cm³/mol. The topological polar surface area (TPSA) is 12.5 Å². The largest absolute Gasteiger partial charge is 0.498 e. The standard InChI is InChI=1S/C7H14NO.2C3H7.Al/c1-6(9)7-3-4-8(2)5-7;2*1-3-2;/h6-7H,3-5H2,1-2H3;2*1,3H2,2H3;/q-1;;;+1. The van der Waals surface area contributed by atoms with E-state index in [1.807, 2.05) is 0 Å². The number of likely N-dealkylation sites (tertiary alicyclic amines) is 1. The lowest BCUT2D eigenvalue weighted by Crippen LogP contribution is -2.30. The Morgan fingerprint density at radius 3 is 2.38 bits per heavy atom. The molecule has 0 radical (unpaired) electrons. The molecule has 1 fully saturated rings. The molecule has 1 saturated heterocycles. The summed E-state index contributed by atoms with van der Waals surface area (Å²) in [7, 11) is 2.22. The van der Waals surface area contributed by atoms with Gasteiger partial charge in [0.1, 0.15) is 0 Å². The molecule has 0 bridgehead atoms. The monoisotopic (exact) mass is 241 g/mol. The molecule has 1 aliphatic heterocycles. The molecule has 0 amide bonds. The summed E-state index contributed by atoms with van der Waals surface area (Å²) in [5.41, 5.74) is 0. The third-order valence-electron chi connectivity index (χ3n) is 3.72. The van der Waals surface area contributed by atoms with Gasteiger partial charge in [0, 0.05) is 12.6 Å². The summed E-state index contributed by atoms with van der Waals surface area (Å²) in [5, 5.41) is 2.72. The Hall–Kier alpha value is 0.452. The van der Waals surface area contributed by atoms with Gasteiger partial charge in [0.2, 0.25) is 0 Å². The van der Waals surface area contributed by atoms with Crippen LogP contribution in [0.2, 0.25) is 10.6 Å². The van der Waals surface area contributed by atoms with Gasteiger partial charge in [-0.1, -0.05) is 37.3 Å². The normalized spacial score (nSPS) is 23.6. The van der Waals surface area contributed by atoms with E-state index in [1.165, 1.54) is 42.9 Å². The molecular weight excluding hydrogens is 213 g/mol. The minimum atomic E-state index is -0.887. The van der Waals surface area contributed by atoms with Gasteiger partial charge in [0.15, 0.2) is 0 Å². The van der Waals surface area contributed by atoms with Crippen molar-refractivity contribution in [3.05, 3.63) is 0 Å². The summed E-state index contributed by atoms with van der Waals surface area (Å²) in [6.45, 7) is 9.36. The number of nitrogens with zero attached hydrogens (tertiary/aromatic N) is 1. The minimum Gasteiger partial charge on any atom is -0.498 e. The average molecular weight is 241 g/mol. The first-order valence-corrected chi connectivity index (χ1v) is 9.11. The van der Waals surface area contributed by atoms with E-state index in [0.29, 0.717) is 6.10 Å². The van der Waals surface area contributed by atoms with Gasteiger partial charge in [-0.15, -0.1) is 0 Å². The van der Waals surface area contributed by atoms with E-state index in [0.717, 1.165) is 5.92 Å². The van der Waals surface area contributed by atoms with Crippen LogP contribution in [0.15, 0.2) is 0 Å². The minimum absolute atomic E-state index is 0.500. The van der Waals surface area contributed by atoms with Crippen LogP contribution in [0.1, 0.15) is 40.0 Å². The molecule has 0 aliphatic carbocycles. The van der Waals surface area contributed by atoms with Crippen molar-refractivity contribution < 1.29 is 3.79 Å². The van der Waals surface area contributed by atoms with Crippen molar-refractivity contribution in [1.82, 2.24) is 4.90 Å². The van der Waals surface area contributed by atoms with Gasteiger partial charge < -0.3 is 8.69 Å². The van der Waals surface area contributed by atoms with Crippen LogP contribution in [-0.2, 0) is 3.79 Å². The van der Waals surface area contributed by atoms with E-state index in [1.54, 1.807) is 0 Å². The predicted octanol–water partition coefficient (Wildman–Crippen LogP) is 3.15. The van der Waals surface area contributed by atoms with Gasteiger partial charge >= 0.3 is 14.5 Å². The summed E-state index contributed by atoms with van der Waals surface area (Å²) in [4.78, 5) is 2.43. The van der Waals surface area contributed by atoms with Crippen LogP contribution in [0.5, 0.6) is 0 Å². The van der Waals surface area contributed by atoms with Gasteiger partial charge in [-0.2, -0.15) is 0 Å². The van der Waals surface area contributed by atoms with E-state index < -0.39 is 14.5 Å². The molecule has 16 heavy (non-hydrogen) atoms. The fourth-order valence-corrected chi connectivity index (χ4v) is 5.37. The molecule has 2 nitrogen and oxygen atoms in total. The SMILES string of the molecule is CC[CH2][Al]([CH2]CC)[O]C(C)C1CCN(C)C1. The van der Waals surface area contributed by atoms with Crippen molar-refractivity contribution in [2.45, 2.75) is 56.7 Å². The summed E-state index contributed by atoms with van der Waals surface area (Å²) in [6, 6.07) is 0. The van der Waals surface area contributed by atoms with Crippen LogP contribution in [0.3, 0.4) is 0 Å². The molecule has 94 valence electrons. The zero-order valence-electron chi connectivity index (χ0n) is 11.5. The summed E-state index contributed by atoms with van der Waals surface area (Å²) < 4.78 is 6.38. The molecular formula is C13H28AlNO. The zero-order valence-corrected chi connectivity index (χ0v) is 12.7. The molecule has 0 saturated carbocycles. The average Bonchev–Trinajstić information content (AvgIpc) is 2.65. The fourth-order valence-electron chi connectivity index (χ4n) is 2.69. The van der Waals surface area contributed by atoms with Crippen molar-refractivity contribution in [2.75, 3.05) is 20.1 Å². The smallest absolute Gasteiger partial charge is 0.460 e. The van der Waals surface area contributed by atoms with E-state index in [4.69, 9.17) is 3.79 Å². The Bertz CT molecular complexity index is 183. The van der Waals surface area contributed by atoms with E-state index in [2.05, 4.69) is 32.7 Å². The van der Waals surface area contributed by atoms with Crippen LogP contribution >= 0.6 is 0 Å². The maximum Gasteiger partial charge on any atom is 0.460 e. The first kappa shape index (κ1) is 14.5. The highest BCUT2D eigenvalue weighted by molar-refractivity contribution is 6.51. The maximum absolute atomic E-state index is 6.38. The Kier molecular flexibility index (Phi) is 7.00. The quantitative estimate of drug-likeness (QED) is 0.635.